The molecule has 3 aromatic rings. The van der Waals surface area contributed by atoms with Crippen molar-refractivity contribution in [2.45, 2.75) is 25.9 Å². The Morgan fingerprint density at radius 1 is 1.03 bits per heavy atom. The Labute approximate surface area is 170 Å². The number of rotatable bonds is 7. The van der Waals surface area contributed by atoms with Gasteiger partial charge in [0.05, 0.1) is 11.9 Å². The lowest BCUT2D eigenvalue weighted by Gasteiger charge is -2.30. The van der Waals surface area contributed by atoms with Gasteiger partial charge in [-0.05, 0) is 41.0 Å². The average molecular weight is 415 g/mol. The van der Waals surface area contributed by atoms with Crippen molar-refractivity contribution < 1.29 is 17.6 Å². The molecule has 0 spiro atoms. The summed E-state index contributed by atoms with van der Waals surface area (Å²) in [6, 6.07) is 18.2. The molecule has 0 saturated heterocycles. The van der Waals surface area contributed by atoms with Gasteiger partial charge in [0.15, 0.2) is 0 Å². The van der Waals surface area contributed by atoms with E-state index in [9.17, 15) is 17.6 Å². The van der Waals surface area contributed by atoms with Gasteiger partial charge in [0.25, 0.3) is 0 Å². The van der Waals surface area contributed by atoms with Crippen molar-refractivity contribution in [1.82, 2.24) is 5.32 Å². The van der Waals surface area contributed by atoms with E-state index in [1.165, 1.54) is 24.3 Å². The zero-order valence-corrected chi connectivity index (χ0v) is 17.1. The topological polar surface area (TPSA) is 66.5 Å². The second-order valence-electron chi connectivity index (χ2n) is 6.83. The average Bonchev–Trinajstić information content (AvgIpc) is 2.70. The van der Waals surface area contributed by atoms with Gasteiger partial charge >= 0.3 is 0 Å². The molecule has 152 valence electrons. The number of para-hydroxylation sites is 1. The Balaban J connectivity index is 1.83. The molecule has 0 aliphatic heterocycles. The van der Waals surface area contributed by atoms with Crippen molar-refractivity contribution in [2.24, 2.45) is 0 Å². The predicted molar refractivity (Wildman–Crippen MR) is 114 cm³/mol. The Morgan fingerprint density at radius 2 is 1.69 bits per heavy atom. The molecule has 1 amide bonds. The summed E-state index contributed by atoms with van der Waals surface area (Å²) < 4.78 is 39.9. The maximum Gasteiger partial charge on any atom is 0.244 e. The van der Waals surface area contributed by atoms with E-state index in [-0.39, 0.29) is 18.7 Å². The summed E-state index contributed by atoms with van der Waals surface area (Å²) in [5, 5.41) is 4.93. The first kappa shape index (κ1) is 20.8. The van der Waals surface area contributed by atoms with Crippen molar-refractivity contribution in [3.63, 3.8) is 0 Å². The highest BCUT2D eigenvalue weighted by molar-refractivity contribution is 7.92. The van der Waals surface area contributed by atoms with E-state index >= 15 is 0 Å². The number of hydrogen-bond donors (Lipinski definition) is 1. The molecule has 0 aliphatic carbocycles. The Bertz CT molecular complexity index is 1130. The lowest BCUT2D eigenvalue weighted by atomic mass is 10.1. The van der Waals surface area contributed by atoms with Crippen LogP contribution in [0.2, 0.25) is 0 Å². The molecule has 0 aliphatic rings. The Morgan fingerprint density at radius 3 is 2.34 bits per heavy atom. The van der Waals surface area contributed by atoms with Crippen LogP contribution in [0.3, 0.4) is 0 Å². The third-order valence-electron chi connectivity index (χ3n) is 4.70. The van der Waals surface area contributed by atoms with E-state index in [0.717, 1.165) is 26.9 Å². The molecule has 3 rings (SSSR count). The molecule has 7 heteroatoms. The number of anilines is 1. The van der Waals surface area contributed by atoms with Crippen molar-refractivity contribution in [3.05, 3.63) is 78.1 Å². The third-order valence-corrected chi connectivity index (χ3v) is 5.87. The van der Waals surface area contributed by atoms with Crippen LogP contribution in [0.25, 0.3) is 10.8 Å². The van der Waals surface area contributed by atoms with E-state index < -0.39 is 27.8 Å². The molecule has 29 heavy (non-hydrogen) atoms. The van der Waals surface area contributed by atoms with E-state index in [0.29, 0.717) is 0 Å². The van der Waals surface area contributed by atoms with Crippen molar-refractivity contribution in [3.8, 4) is 0 Å². The third kappa shape index (κ3) is 4.74. The van der Waals surface area contributed by atoms with Crippen LogP contribution in [0, 0.1) is 5.82 Å². The van der Waals surface area contributed by atoms with Crippen LogP contribution in [-0.2, 0) is 21.4 Å². The van der Waals surface area contributed by atoms with Gasteiger partial charge in [-0.3, -0.25) is 9.10 Å². The van der Waals surface area contributed by atoms with E-state index in [1.54, 1.807) is 6.92 Å². The first-order chi connectivity index (χ1) is 13.8. The highest BCUT2D eigenvalue weighted by Crippen LogP contribution is 2.25. The Hall–Kier alpha value is -2.93. The van der Waals surface area contributed by atoms with Crippen LogP contribution in [0.15, 0.2) is 66.7 Å². The number of fused-ring (bicyclic) bond motifs is 1. The number of benzene rings is 3. The molecule has 0 saturated carbocycles. The van der Waals surface area contributed by atoms with Crippen molar-refractivity contribution >= 4 is 32.4 Å². The molecule has 3 aromatic carbocycles. The second-order valence-corrected chi connectivity index (χ2v) is 8.69. The largest absolute Gasteiger partial charge is 0.350 e. The summed E-state index contributed by atoms with van der Waals surface area (Å²) >= 11 is 0. The molecular weight excluding hydrogens is 391 g/mol. The molecule has 0 heterocycles. The molecule has 0 fully saturated rings. The summed E-state index contributed by atoms with van der Waals surface area (Å²) in [6.07, 6.45) is 1.17. The zero-order valence-electron chi connectivity index (χ0n) is 16.3. The first-order valence-corrected chi connectivity index (χ1v) is 11.2. The minimum absolute atomic E-state index is 0.136. The van der Waals surface area contributed by atoms with E-state index in [4.69, 9.17) is 0 Å². The van der Waals surface area contributed by atoms with E-state index in [1.807, 2.05) is 42.5 Å². The fourth-order valence-electron chi connectivity index (χ4n) is 3.32. The van der Waals surface area contributed by atoms with Gasteiger partial charge in [-0.2, -0.15) is 0 Å². The number of halogens is 1. The molecule has 0 bridgehead atoms. The van der Waals surface area contributed by atoms with Gasteiger partial charge in [0.2, 0.25) is 15.9 Å². The van der Waals surface area contributed by atoms with Crippen LogP contribution >= 0.6 is 0 Å². The highest BCUT2D eigenvalue weighted by Gasteiger charge is 2.32. The number of sulfonamides is 1. The summed E-state index contributed by atoms with van der Waals surface area (Å²) in [7, 11) is -3.88. The lowest BCUT2D eigenvalue weighted by molar-refractivity contribution is -0.122. The summed E-state index contributed by atoms with van der Waals surface area (Å²) in [5.41, 5.74) is 0.756. The van der Waals surface area contributed by atoms with Gasteiger partial charge in [-0.15, -0.1) is 0 Å². The molecular formula is C22H23FN2O3S. The lowest BCUT2D eigenvalue weighted by Crippen LogP contribution is -2.49. The highest BCUT2D eigenvalue weighted by atomic mass is 32.2. The number of carbonyl (C=O) groups excluding carboxylic acids is 1. The number of carbonyl (C=O) groups is 1. The molecule has 0 radical (unpaired) electrons. The molecule has 1 N–H and O–H groups in total. The number of nitrogens with one attached hydrogen (secondary N) is 1. The Kier molecular flexibility index (Phi) is 6.17. The normalized spacial score (nSPS) is 12.5. The molecule has 5 nitrogen and oxygen atoms in total. The SMILES string of the molecule is CC[C@@H](C(=O)NCc1ccc2ccccc2c1)N(c1ccccc1F)S(C)(=O)=O. The van der Waals surface area contributed by atoms with Crippen LogP contribution in [0.1, 0.15) is 18.9 Å². The number of hydrogen-bond acceptors (Lipinski definition) is 3. The minimum atomic E-state index is -3.88. The van der Waals surface area contributed by atoms with Gasteiger partial charge in [0, 0.05) is 6.54 Å². The van der Waals surface area contributed by atoms with Crippen molar-refractivity contribution in [1.29, 1.82) is 0 Å². The van der Waals surface area contributed by atoms with Crippen molar-refractivity contribution in [2.75, 3.05) is 10.6 Å². The van der Waals surface area contributed by atoms with Gasteiger partial charge in [-0.1, -0.05) is 55.5 Å². The summed E-state index contributed by atoms with van der Waals surface area (Å²) in [4.78, 5) is 12.8. The summed E-state index contributed by atoms with van der Waals surface area (Å²) in [6.45, 7) is 1.94. The van der Waals surface area contributed by atoms with Gasteiger partial charge in [-0.25, -0.2) is 12.8 Å². The molecule has 1 atom stereocenters. The molecule has 0 unspecified atom stereocenters. The second kappa shape index (κ2) is 8.61. The van der Waals surface area contributed by atoms with E-state index in [2.05, 4.69) is 5.32 Å². The standard InChI is InChI=1S/C22H23FN2O3S/c1-3-20(25(29(2,27)28)21-11-7-6-10-19(21)23)22(26)24-15-16-12-13-17-8-4-5-9-18(17)14-16/h4-14,20H,3,15H2,1-2H3,(H,24,26)/t20-/m0/s1. The number of nitrogens with zero attached hydrogens (tertiary/aromatic N) is 1. The predicted octanol–water partition coefficient (Wildman–Crippen LogP) is 3.84. The quantitative estimate of drug-likeness (QED) is 0.639. The van der Waals surface area contributed by atoms with Gasteiger partial charge < -0.3 is 5.32 Å². The maximum absolute atomic E-state index is 14.3. The maximum atomic E-state index is 14.3. The smallest absolute Gasteiger partial charge is 0.244 e. The summed E-state index contributed by atoms with van der Waals surface area (Å²) in [5.74, 6) is -1.17. The minimum Gasteiger partial charge on any atom is -0.350 e. The zero-order chi connectivity index (χ0) is 21.0. The first-order valence-electron chi connectivity index (χ1n) is 9.30. The van der Waals surface area contributed by atoms with Crippen LogP contribution in [0.5, 0.6) is 0 Å². The monoisotopic (exact) mass is 414 g/mol. The van der Waals surface area contributed by atoms with Crippen LogP contribution in [0.4, 0.5) is 10.1 Å². The fraction of sp³-hybridized carbons (Fsp3) is 0.227. The van der Waals surface area contributed by atoms with Crippen LogP contribution in [-0.4, -0.2) is 26.6 Å². The van der Waals surface area contributed by atoms with Gasteiger partial charge in [0.1, 0.15) is 11.9 Å². The fourth-order valence-corrected chi connectivity index (χ4v) is 4.53. The molecule has 0 aromatic heterocycles. The van der Waals surface area contributed by atoms with Crippen LogP contribution < -0.4 is 9.62 Å². The number of amides is 1.